The Hall–Kier alpha value is -2.49. The minimum atomic E-state index is 0.492. The number of rotatable bonds is 7. The highest BCUT2D eigenvalue weighted by molar-refractivity contribution is 5.83. The maximum atomic E-state index is 8.72. The largest absolute Gasteiger partial charge is 0.493 e. The van der Waals surface area contributed by atoms with Crippen LogP contribution in [0.3, 0.4) is 0 Å². The number of ether oxygens (including phenoxy) is 2. The summed E-state index contributed by atoms with van der Waals surface area (Å²) in [5, 5.41) is 11.9. The Balaban J connectivity index is 1.85. The second-order valence-corrected chi connectivity index (χ2v) is 4.50. The summed E-state index contributed by atoms with van der Waals surface area (Å²) in [7, 11) is 0. The number of benzene rings is 2. The lowest BCUT2D eigenvalue weighted by molar-refractivity contribution is 0.305. The summed E-state index contributed by atoms with van der Waals surface area (Å²) in [6.07, 6.45) is 1.35. The van der Waals surface area contributed by atoms with Gasteiger partial charge in [0.15, 0.2) is 0 Å². The van der Waals surface area contributed by atoms with Crippen molar-refractivity contribution in [2.45, 2.75) is 19.8 Å². The number of oxime groups is 1. The highest BCUT2D eigenvalue weighted by atomic mass is 16.5. The summed E-state index contributed by atoms with van der Waals surface area (Å²) < 4.78 is 11.3. The van der Waals surface area contributed by atoms with E-state index < -0.39 is 0 Å². The fourth-order valence-electron chi connectivity index (χ4n) is 1.81. The predicted molar refractivity (Wildman–Crippen MR) is 82.6 cm³/mol. The van der Waals surface area contributed by atoms with Gasteiger partial charge in [0.05, 0.1) is 12.3 Å². The van der Waals surface area contributed by atoms with Gasteiger partial charge in [0.25, 0.3) is 0 Å². The molecule has 0 bridgehead atoms. The molecular weight excluding hydrogens is 266 g/mol. The van der Waals surface area contributed by atoms with Crippen LogP contribution in [-0.2, 0) is 0 Å². The van der Waals surface area contributed by atoms with Crippen molar-refractivity contribution in [3.05, 3.63) is 54.6 Å². The molecule has 0 aliphatic rings. The van der Waals surface area contributed by atoms with E-state index in [2.05, 4.69) is 5.16 Å². The van der Waals surface area contributed by atoms with Crippen molar-refractivity contribution in [2.24, 2.45) is 5.16 Å². The topological polar surface area (TPSA) is 51.0 Å². The van der Waals surface area contributed by atoms with Crippen LogP contribution in [0.1, 0.15) is 19.8 Å². The molecule has 0 aliphatic heterocycles. The highest BCUT2D eigenvalue weighted by Gasteiger charge is 2.00. The van der Waals surface area contributed by atoms with Gasteiger partial charge in [0, 0.05) is 6.42 Å². The van der Waals surface area contributed by atoms with Gasteiger partial charge in [-0.1, -0.05) is 30.3 Å². The molecule has 1 N–H and O–H groups in total. The number of hydrogen-bond donors (Lipinski definition) is 1. The van der Waals surface area contributed by atoms with Crippen LogP contribution in [0.5, 0.6) is 17.2 Å². The molecule has 0 radical (unpaired) electrons. The van der Waals surface area contributed by atoms with Crippen molar-refractivity contribution in [3.63, 3.8) is 0 Å². The van der Waals surface area contributed by atoms with E-state index >= 15 is 0 Å². The molecule has 0 spiro atoms. The highest BCUT2D eigenvalue weighted by Crippen LogP contribution is 2.23. The molecule has 0 saturated heterocycles. The number of nitrogens with zero attached hydrogens (tertiary/aromatic N) is 1. The third kappa shape index (κ3) is 4.84. The van der Waals surface area contributed by atoms with E-state index in [4.69, 9.17) is 14.7 Å². The van der Waals surface area contributed by atoms with Gasteiger partial charge in [-0.2, -0.15) is 0 Å². The summed E-state index contributed by atoms with van der Waals surface area (Å²) in [5.74, 6) is 2.33. The summed E-state index contributed by atoms with van der Waals surface area (Å²) >= 11 is 0. The van der Waals surface area contributed by atoms with E-state index in [-0.39, 0.29) is 0 Å². The third-order valence-corrected chi connectivity index (χ3v) is 3.01. The molecule has 0 aliphatic carbocycles. The first-order valence-electron chi connectivity index (χ1n) is 6.97. The second-order valence-electron chi connectivity index (χ2n) is 4.50. The average Bonchev–Trinajstić information content (AvgIpc) is 2.54. The van der Waals surface area contributed by atoms with Crippen LogP contribution in [0.25, 0.3) is 0 Å². The van der Waals surface area contributed by atoms with Gasteiger partial charge in [0.2, 0.25) is 0 Å². The standard InChI is InChI=1S/C17H19NO3/c1-2-14(18-19)12-13-20-15-8-10-17(11-9-15)21-16-6-4-3-5-7-16/h3-11,19H,2,12-13H2,1H3. The first-order chi connectivity index (χ1) is 10.3. The van der Waals surface area contributed by atoms with E-state index in [0.29, 0.717) is 13.0 Å². The Morgan fingerprint density at radius 1 is 0.952 bits per heavy atom. The van der Waals surface area contributed by atoms with Crippen LogP contribution in [0.4, 0.5) is 0 Å². The minimum absolute atomic E-state index is 0.492. The molecule has 0 saturated carbocycles. The van der Waals surface area contributed by atoms with Crippen molar-refractivity contribution in [3.8, 4) is 17.2 Å². The first kappa shape index (κ1) is 14.9. The fraction of sp³-hybridized carbons (Fsp3) is 0.235. The molecule has 0 heterocycles. The van der Waals surface area contributed by atoms with Gasteiger partial charge in [-0.3, -0.25) is 0 Å². The Kier molecular flexibility index (Phi) is 5.64. The van der Waals surface area contributed by atoms with Crippen molar-refractivity contribution in [1.29, 1.82) is 0 Å². The van der Waals surface area contributed by atoms with Crippen LogP contribution in [0.15, 0.2) is 59.8 Å². The summed E-state index contributed by atoms with van der Waals surface area (Å²) in [4.78, 5) is 0. The zero-order valence-corrected chi connectivity index (χ0v) is 12.0. The van der Waals surface area contributed by atoms with E-state index in [0.717, 1.165) is 29.4 Å². The third-order valence-electron chi connectivity index (χ3n) is 3.01. The molecule has 2 aromatic rings. The van der Waals surface area contributed by atoms with Crippen LogP contribution in [-0.4, -0.2) is 17.5 Å². The summed E-state index contributed by atoms with van der Waals surface area (Å²) in [5.41, 5.74) is 0.735. The van der Waals surface area contributed by atoms with E-state index in [1.54, 1.807) is 0 Å². The normalized spacial score (nSPS) is 11.2. The smallest absolute Gasteiger partial charge is 0.127 e. The Labute approximate surface area is 124 Å². The molecule has 2 aromatic carbocycles. The van der Waals surface area contributed by atoms with Crippen molar-refractivity contribution >= 4 is 5.71 Å². The Bertz CT molecular complexity index is 564. The lowest BCUT2D eigenvalue weighted by Gasteiger charge is -2.08. The quantitative estimate of drug-likeness (QED) is 0.463. The maximum Gasteiger partial charge on any atom is 0.127 e. The number of hydrogen-bond acceptors (Lipinski definition) is 4. The van der Waals surface area contributed by atoms with Gasteiger partial charge in [0.1, 0.15) is 17.2 Å². The maximum absolute atomic E-state index is 8.72. The van der Waals surface area contributed by atoms with E-state index in [9.17, 15) is 0 Å². The molecule has 0 aromatic heterocycles. The van der Waals surface area contributed by atoms with E-state index in [1.807, 2.05) is 61.5 Å². The molecule has 2 rings (SSSR count). The van der Waals surface area contributed by atoms with Crippen LogP contribution < -0.4 is 9.47 Å². The van der Waals surface area contributed by atoms with Crippen molar-refractivity contribution in [1.82, 2.24) is 0 Å². The Morgan fingerprint density at radius 3 is 2.19 bits per heavy atom. The van der Waals surface area contributed by atoms with E-state index in [1.165, 1.54) is 0 Å². The molecule has 4 heteroatoms. The summed E-state index contributed by atoms with van der Waals surface area (Å²) in [6, 6.07) is 17.1. The average molecular weight is 285 g/mol. The van der Waals surface area contributed by atoms with Gasteiger partial charge in [-0.25, -0.2) is 0 Å². The van der Waals surface area contributed by atoms with Gasteiger partial charge in [-0.05, 0) is 42.8 Å². The Morgan fingerprint density at radius 2 is 1.57 bits per heavy atom. The molecule has 0 amide bonds. The molecule has 0 fully saturated rings. The van der Waals surface area contributed by atoms with Gasteiger partial charge < -0.3 is 14.7 Å². The first-order valence-corrected chi connectivity index (χ1v) is 6.97. The second kappa shape index (κ2) is 7.94. The zero-order chi connectivity index (χ0) is 14.9. The molecule has 4 nitrogen and oxygen atoms in total. The molecule has 0 atom stereocenters. The number of para-hydroxylation sites is 1. The molecule has 110 valence electrons. The molecule has 21 heavy (non-hydrogen) atoms. The van der Waals surface area contributed by atoms with Crippen LogP contribution in [0.2, 0.25) is 0 Å². The molecular formula is C17H19NO3. The monoisotopic (exact) mass is 285 g/mol. The minimum Gasteiger partial charge on any atom is -0.493 e. The fourth-order valence-corrected chi connectivity index (χ4v) is 1.81. The van der Waals surface area contributed by atoms with Gasteiger partial charge in [-0.15, -0.1) is 0 Å². The van der Waals surface area contributed by atoms with Crippen molar-refractivity contribution < 1.29 is 14.7 Å². The zero-order valence-electron chi connectivity index (χ0n) is 12.0. The van der Waals surface area contributed by atoms with Crippen LogP contribution >= 0.6 is 0 Å². The van der Waals surface area contributed by atoms with Gasteiger partial charge >= 0.3 is 0 Å². The lowest BCUT2D eigenvalue weighted by Crippen LogP contribution is -2.05. The lowest BCUT2D eigenvalue weighted by atomic mass is 10.2. The van der Waals surface area contributed by atoms with Crippen LogP contribution in [0, 0.1) is 0 Å². The predicted octanol–water partition coefficient (Wildman–Crippen LogP) is 4.49. The van der Waals surface area contributed by atoms with Crippen molar-refractivity contribution in [2.75, 3.05) is 6.61 Å². The molecule has 0 unspecified atom stereocenters. The summed E-state index contributed by atoms with van der Waals surface area (Å²) in [6.45, 7) is 2.44. The SMILES string of the molecule is CCC(CCOc1ccc(Oc2ccccc2)cc1)=NO.